The zero-order chi connectivity index (χ0) is 12.4. The molecule has 1 saturated heterocycles. The van der Waals surface area contributed by atoms with Crippen LogP contribution in [0, 0.1) is 13.8 Å². The highest BCUT2D eigenvalue weighted by Crippen LogP contribution is 2.22. The second-order valence-electron chi connectivity index (χ2n) is 4.66. The smallest absolute Gasteiger partial charge is 0.246 e. The lowest BCUT2D eigenvalue weighted by Gasteiger charge is -2.32. The molecule has 1 atom stereocenters. The van der Waals surface area contributed by atoms with Crippen LogP contribution in [0.1, 0.15) is 30.3 Å². The van der Waals surface area contributed by atoms with Crippen LogP contribution in [0.3, 0.4) is 0 Å². The third-order valence-electron chi connectivity index (χ3n) is 3.27. The van der Waals surface area contributed by atoms with Crippen molar-refractivity contribution in [1.82, 2.24) is 14.7 Å². The average molecular weight is 233 g/mol. The van der Waals surface area contributed by atoms with E-state index < -0.39 is 0 Å². The molecule has 0 aliphatic carbocycles. The van der Waals surface area contributed by atoms with Crippen molar-refractivity contribution < 1.29 is 4.79 Å². The highest BCUT2D eigenvalue weighted by atomic mass is 16.2. The maximum absolute atomic E-state index is 11.6. The van der Waals surface area contributed by atoms with Gasteiger partial charge in [0.15, 0.2) is 0 Å². The van der Waals surface area contributed by atoms with Crippen molar-refractivity contribution in [3.8, 4) is 0 Å². The minimum absolute atomic E-state index is 0.0243. The SMILES string of the molecule is C=CC(=O)N1CCCC(n2nc(C)cc2C)C1. The van der Waals surface area contributed by atoms with Gasteiger partial charge in [0.1, 0.15) is 0 Å². The largest absolute Gasteiger partial charge is 0.337 e. The van der Waals surface area contributed by atoms with Gasteiger partial charge in [-0.15, -0.1) is 0 Å². The van der Waals surface area contributed by atoms with E-state index >= 15 is 0 Å². The van der Waals surface area contributed by atoms with Gasteiger partial charge >= 0.3 is 0 Å². The van der Waals surface area contributed by atoms with Gasteiger partial charge in [0.2, 0.25) is 5.91 Å². The molecular formula is C13H19N3O. The maximum Gasteiger partial charge on any atom is 0.246 e. The number of hydrogen-bond donors (Lipinski definition) is 0. The Balaban J connectivity index is 2.14. The molecule has 0 radical (unpaired) electrons. The second kappa shape index (κ2) is 4.73. The molecule has 92 valence electrons. The number of carbonyl (C=O) groups excluding carboxylic acids is 1. The fourth-order valence-electron chi connectivity index (χ4n) is 2.50. The number of hydrogen-bond acceptors (Lipinski definition) is 2. The topological polar surface area (TPSA) is 38.1 Å². The van der Waals surface area contributed by atoms with Crippen LogP contribution in [0.4, 0.5) is 0 Å². The van der Waals surface area contributed by atoms with Crippen molar-refractivity contribution in [2.45, 2.75) is 32.7 Å². The molecule has 17 heavy (non-hydrogen) atoms. The monoisotopic (exact) mass is 233 g/mol. The molecule has 4 nitrogen and oxygen atoms in total. The molecule has 2 rings (SSSR count). The van der Waals surface area contributed by atoms with Gasteiger partial charge in [-0.05, 0) is 38.8 Å². The van der Waals surface area contributed by atoms with Crippen LogP contribution in [0.5, 0.6) is 0 Å². The van der Waals surface area contributed by atoms with Gasteiger partial charge in [0, 0.05) is 18.8 Å². The van der Waals surface area contributed by atoms with Crippen LogP contribution < -0.4 is 0 Å². The number of aryl methyl sites for hydroxylation is 2. The summed E-state index contributed by atoms with van der Waals surface area (Å²) in [4.78, 5) is 13.5. The summed E-state index contributed by atoms with van der Waals surface area (Å²) in [6.07, 6.45) is 3.51. The Morgan fingerprint density at radius 1 is 1.59 bits per heavy atom. The van der Waals surface area contributed by atoms with Gasteiger partial charge in [-0.1, -0.05) is 6.58 Å². The molecule has 1 amide bonds. The Labute approximate surface area is 102 Å². The van der Waals surface area contributed by atoms with Crippen molar-refractivity contribution in [1.29, 1.82) is 0 Å². The van der Waals surface area contributed by atoms with Crippen LogP contribution in [-0.2, 0) is 4.79 Å². The zero-order valence-electron chi connectivity index (χ0n) is 10.5. The molecule has 0 spiro atoms. The zero-order valence-corrected chi connectivity index (χ0v) is 10.5. The van der Waals surface area contributed by atoms with E-state index in [0.717, 1.165) is 31.6 Å². The van der Waals surface area contributed by atoms with E-state index in [1.807, 2.05) is 11.8 Å². The van der Waals surface area contributed by atoms with Crippen LogP contribution in [0.25, 0.3) is 0 Å². The summed E-state index contributed by atoms with van der Waals surface area (Å²) in [5, 5.41) is 4.51. The number of nitrogens with zero attached hydrogens (tertiary/aromatic N) is 3. The fraction of sp³-hybridized carbons (Fsp3) is 0.538. The Bertz CT molecular complexity index is 436. The molecule has 2 heterocycles. The first-order valence-electron chi connectivity index (χ1n) is 6.06. The van der Waals surface area contributed by atoms with Crippen molar-refractivity contribution in [2.24, 2.45) is 0 Å². The minimum atomic E-state index is 0.0243. The summed E-state index contributed by atoms with van der Waals surface area (Å²) in [6.45, 7) is 9.18. The average Bonchev–Trinajstić information content (AvgIpc) is 2.67. The normalized spacial score (nSPS) is 20.4. The fourth-order valence-corrected chi connectivity index (χ4v) is 2.50. The van der Waals surface area contributed by atoms with Crippen LogP contribution in [0.2, 0.25) is 0 Å². The number of amides is 1. The molecule has 0 saturated carbocycles. The first-order valence-corrected chi connectivity index (χ1v) is 6.06. The standard InChI is InChI=1S/C13H19N3O/c1-4-13(17)15-7-5-6-12(9-15)16-11(3)8-10(2)14-16/h4,8,12H,1,5-7,9H2,2-3H3. The number of aromatic nitrogens is 2. The molecule has 0 aromatic carbocycles. The van der Waals surface area contributed by atoms with E-state index in [0.29, 0.717) is 6.04 Å². The Morgan fingerprint density at radius 2 is 2.35 bits per heavy atom. The van der Waals surface area contributed by atoms with E-state index in [1.165, 1.54) is 11.8 Å². The second-order valence-corrected chi connectivity index (χ2v) is 4.66. The summed E-state index contributed by atoms with van der Waals surface area (Å²) >= 11 is 0. The van der Waals surface area contributed by atoms with Crippen molar-refractivity contribution >= 4 is 5.91 Å². The number of rotatable bonds is 2. The molecular weight excluding hydrogens is 214 g/mol. The van der Waals surface area contributed by atoms with E-state index in [4.69, 9.17) is 0 Å². The summed E-state index contributed by atoms with van der Waals surface area (Å²) < 4.78 is 2.05. The molecule has 1 aliphatic rings. The molecule has 1 aliphatic heterocycles. The number of piperidine rings is 1. The summed E-state index contributed by atoms with van der Waals surface area (Å²) in [5.41, 5.74) is 2.20. The van der Waals surface area contributed by atoms with Gasteiger partial charge < -0.3 is 4.90 Å². The molecule has 1 aromatic heterocycles. The van der Waals surface area contributed by atoms with E-state index in [-0.39, 0.29) is 5.91 Å². The summed E-state index contributed by atoms with van der Waals surface area (Å²) in [7, 11) is 0. The molecule has 0 bridgehead atoms. The van der Waals surface area contributed by atoms with E-state index in [9.17, 15) is 4.79 Å². The predicted octanol–water partition coefficient (Wildman–Crippen LogP) is 1.85. The quantitative estimate of drug-likeness (QED) is 0.731. The Hall–Kier alpha value is -1.58. The van der Waals surface area contributed by atoms with E-state index in [2.05, 4.69) is 29.3 Å². The van der Waals surface area contributed by atoms with Crippen molar-refractivity contribution in [2.75, 3.05) is 13.1 Å². The van der Waals surface area contributed by atoms with E-state index in [1.54, 1.807) is 0 Å². The first-order chi connectivity index (χ1) is 8.11. The highest BCUT2D eigenvalue weighted by molar-refractivity contribution is 5.87. The lowest BCUT2D eigenvalue weighted by molar-refractivity contribution is -0.127. The molecule has 1 aromatic rings. The lowest BCUT2D eigenvalue weighted by atomic mass is 10.1. The number of carbonyl (C=O) groups is 1. The summed E-state index contributed by atoms with van der Waals surface area (Å²) in [5.74, 6) is 0.0243. The minimum Gasteiger partial charge on any atom is -0.337 e. The molecule has 1 fully saturated rings. The van der Waals surface area contributed by atoms with Crippen LogP contribution in [0.15, 0.2) is 18.7 Å². The maximum atomic E-state index is 11.6. The van der Waals surface area contributed by atoms with Crippen molar-refractivity contribution in [3.05, 3.63) is 30.1 Å². The van der Waals surface area contributed by atoms with Gasteiger partial charge in [0.05, 0.1) is 11.7 Å². The van der Waals surface area contributed by atoms with Gasteiger partial charge in [0.25, 0.3) is 0 Å². The third-order valence-corrected chi connectivity index (χ3v) is 3.27. The van der Waals surface area contributed by atoms with Gasteiger partial charge in [-0.25, -0.2) is 0 Å². The highest BCUT2D eigenvalue weighted by Gasteiger charge is 2.24. The Morgan fingerprint density at radius 3 is 2.94 bits per heavy atom. The summed E-state index contributed by atoms with van der Waals surface area (Å²) in [6, 6.07) is 2.38. The third kappa shape index (κ3) is 2.40. The van der Waals surface area contributed by atoms with Crippen LogP contribution in [-0.4, -0.2) is 33.7 Å². The van der Waals surface area contributed by atoms with Gasteiger partial charge in [-0.3, -0.25) is 9.48 Å². The molecule has 0 N–H and O–H groups in total. The Kier molecular flexibility index (Phi) is 3.31. The van der Waals surface area contributed by atoms with Crippen molar-refractivity contribution in [3.63, 3.8) is 0 Å². The first kappa shape index (κ1) is 11.9. The number of likely N-dealkylation sites (tertiary alicyclic amines) is 1. The van der Waals surface area contributed by atoms with Gasteiger partial charge in [-0.2, -0.15) is 5.10 Å². The molecule has 4 heteroatoms. The predicted molar refractivity (Wildman–Crippen MR) is 66.7 cm³/mol. The van der Waals surface area contributed by atoms with Crippen LogP contribution >= 0.6 is 0 Å². The lowest BCUT2D eigenvalue weighted by Crippen LogP contribution is -2.40. The molecule has 1 unspecified atom stereocenters.